The van der Waals surface area contributed by atoms with Gasteiger partial charge in [0.2, 0.25) is 0 Å². The van der Waals surface area contributed by atoms with Crippen molar-refractivity contribution in [2.45, 2.75) is 57.0 Å². The quantitative estimate of drug-likeness (QED) is 0.789. The summed E-state index contributed by atoms with van der Waals surface area (Å²) in [5.41, 5.74) is 2.02. The van der Waals surface area contributed by atoms with Crippen LogP contribution in [0.25, 0.3) is 0 Å². The monoisotopic (exact) mass is 363 g/mol. The van der Waals surface area contributed by atoms with Crippen molar-refractivity contribution in [3.8, 4) is 0 Å². The van der Waals surface area contributed by atoms with Gasteiger partial charge in [0.05, 0.1) is 6.42 Å². The van der Waals surface area contributed by atoms with E-state index in [0.29, 0.717) is 22.7 Å². The molecule has 0 aromatic heterocycles. The number of hydrogen-bond acceptors (Lipinski definition) is 3. The Bertz CT molecular complexity index is 881. The molecule has 0 spiro atoms. The number of hydrogen-bond donors (Lipinski definition) is 2. The largest absolute Gasteiger partial charge is 0.375 e. The molecule has 4 heteroatoms. The van der Waals surface area contributed by atoms with Crippen LogP contribution in [0.15, 0.2) is 42.5 Å². The smallest absolute Gasteiger partial charge is 0.261 e. The number of carbonyl (C=O) groups is 2. The maximum atomic E-state index is 12.8. The number of benzene rings is 2. The molecule has 4 nitrogen and oxygen atoms in total. The molecule has 1 amide bonds. The van der Waals surface area contributed by atoms with Crippen molar-refractivity contribution in [1.29, 1.82) is 0 Å². The number of amides is 1. The van der Waals surface area contributed by atoms with Crippen LogP contribution in [0.3, 0.4) is 0 Å². The van der Waals surface area contributed by atoms with Crippen LogP contribution < -0.4 is 5.32 Å². The highest BCUT2D eigenvalue weighted by Crippen LogP contribution is 2.39. The van der Waals surface area contributed by atoms with E-state index in [4.69, 9.17) is 0 Å². The fourth-order valence-electron chi connectivity index (χ4n) is 4.34. The molecule has 0 radical (unpaired) electrons. The van der Waals surface area contributed by atoms with E-state index < -0.39 is 11.5 Å². The van der Waals surface area contributed by atoms with Gasteiger partial charge in [0, 0.05) is 16.8 Å². The molecule has 0 unspecified atom stereocenters. The number of rotatable bonds is 4. The molecule has 0 saturated heterocycles. The van der Waals surface area contributed by atoms with Crippen LogP contribution in [-0.2, 0) is 10.4 Å². The van der Waals surface area contributed by atoms with Crippen LogP contribution in [0.2, 0.25) is 0 Å². The van der Waals surface area contributed by atoms with E-state index in [1.165, 1.54) is 37.7 Å². The standard InChI is InChI=1S/C23H25NO3/c1-15-7-12-20-19(13-15)23(27,22(26)24-20)14-21(25)18-10-8-17(9-11-18)16-5-3-2-4-6-16/h7-13,16,27H,2-6,14H2,1H3,(H,24,26)/t23-/m0/s1. The van der Waals surface area contributed by atoms with E-state index in [1.54, 1.807) is 12.1 Å². The number of fused-ring (bicyclic) bond motifs is 1. The van der Waals surface area contributed by atoms with E-state index in [1.807, 2.05) is 37.3 Å². The van der Waals surface area contributed by atoms with Crippen molar-refractivity contribution >= 4 is 17.4 Å². The topological polar surface area (TPSA) is 66.4 Å². The molecule has 27 heavy (non-hydrogen) atoms. The Morgan fingerprint density at radius 1 is 1.11 bits per heavy atom. The minimum atomic E-state index is -1.81. The van der Waals surface area contributed by atoms with Crippen LogP contribution >= 0.6 is 0 Å². The summed E-state index contributed by atoms with van der Waals surface area (Å²) in [5, 5.41) is 13.7. The summed E-state index contributed by atoms with van der Waals surface area (Å²) in [5.74, 6) is -0.171. The molecule has 2 aliphatic rings. The van der Waals surface area contributed by atoms with Crippen molar-refractivity contribution in [2.75, 3.05) is 5.32 Å². The first-order valence-electron chi connectivity index (χ1n) is 9.75. The number of nitrogens with one attached hydrogen (secondary N) is 1. The highest BCUT2D eigenvalue weighted by atomic mass is 16.3. The molecule has 1 fully saturated rings. The van der Waals surface area contributed by atoms with Crippen LogP contribution in [-0.4, -0.2) is 16.8 Å². The summed E-state index contributed by atoms with van der Waals surface area (Å²) in [6.45, 7) is 1.90. The highest BCUT2D eigenvalue weighted by molar-refractivity contribution is 6.09. The molecular formula is C23H25NO3. The molecule has 4 rings (SSSR count). The third-order valence-corrected chi connectivity index (χ3v) is 5.97. The molecule has 1 atom stereocenters. The summed E-state index contributed by atoms with van der Waals surface area (Å²) >= 11 is 0. The molecular weight excluding hydrogens is 338 g/mol. The fourth-order valence-corrected chi connectivity index (χ4v) is 4.34. The Kier molecular flexibility index (Phi) is 4.60. The van der Waals surface area contributed by atoms with Crippen molar-refractivity contribution in [3.05, 3.63) is 64.7 Å². The van der Waals surface area contributed by atoms with E-state index in [0.717, 1.165) is 5.56 Å². The number of ketones is 1. The molecule has 2 aromatic carbocycles. The van der Waals surface area contributed by atoms with Crippen molar-refractivity contribution in [1.82, 2.24) is 0 Å². The van der Waals surface area contributed by atoms with Crippen LogP contribution in [0.1, 0.15) is 71.5 Å². The predicted octanol–water partition coefficient (Wildman–Crippen LogP) is 4.46. The van der Waals surface area contributed by atoms with Gasteiger partial charge in [0.25, 0.3) is 5.91 Å². The molecule has 2 aromatic rings. The summed E-state index contributed by atoms with van der Waals surface area (Å²) in [4.78, 5) is 25.2. The number of carbonyl (C=O) groups excluding carboxylic acids is 2. The van der Waals surface area contributed by atoms with E-state index >= 15 is 0 Å². The molecule has 1 heterocycles. The normalized spacial score (nSPS) is 22.4. The van der Waals surface area contributed by atoms with Crippen LogP contribution in [0.4, 0.5) is 5.69 Å². The first kappa shape index (κ1) is 17.9. The van der Waals surface area contributed by atoms with Gasteiger partial charge in [-0.05, 0) is 37.3 Å². The highest BCUT2D eigenvalue weighted by Gasteiger charge is 2.46. The lowest BCUT2D eigenvalue weighted by Crippen LogP contribution is -2.36. The van der Waals surface area contributed by atoms with Gasteiger partial charge in [0.1, 0.15) is 0 Å². The van der Waals surface area contributed by atoms with Gasteiger partial charge in [-0.25, -0.2) is 0 Å². The molecule has 2 N–H and O–H groups in total. The average molecular weight is 363 g/mol. The minimum Gasteiger partial charge on any atom is -0.375 e. The maximum Gasteiger partial charge on any atom is 0.261 e. The lowest BCUT2D eigenvalue weighted by Gasteiger charge is -2.22. The SMILES string of the molecule is Cc1ccc2c(c1)[C@@](O)(CC(=O)c1ccc(C3CCCCC3)cc1)C(=O)N2. The maximum absolute atomic E-state index is 12.8. The van der Waals surface area contributed by atoms with E-state index in [2.05, 4.69) is 5.32 Å². The zero-order valence-electron chi connectivity index (χ0n) is 15.6. The predicted molar refractivity (Wildman–Crippen MR) is 105 cm³/mol. The summed E-state index contributed by atoms with van der Waals surface area (Å²) in [6, 6.07) is 13.1. The molecule has 1 aliphatic heterocycles. The number of anilines is 1. The van der Waals surface area contributed by atoms with Gasteiger partial charge in [-0.2, -0.15) is 0 Å². The summed E-state index contributed by atoms with van der Waals surface area (Å²) < 4.78 is 0. The van der Waals surface area contributed by atoms with Crippen molar-refractivity contribution in [2.24, 2.45) is 0 Å². The Labute approximate surface area is 159 Å². The van der Waals surface area contributed by atoms with Crippen molar-refractivity contribution in [3.63, 3.8) is 0 Å². The average Bonchev–Trinajstić information content (AvgIpc) is 2.93. The van der Waals surface area contributed by atoms with Gasteiger partial charge in [-0.15, -0.1) is 0 Å². The van der Waals surface area contributed by atoms with Crippen LogP contribution in [0.5, 0.6) is 0 Å². The van der Waals surface area contributed by atoms with E-state index in [-0.39, 0.29) is 12.2 Å². The van der Waals surface area contributed by atoms with Crippen LogP contribution in [0, 0.1) is 6.92 Å². The third kappa shape index (κ3) is 3.30. The van der Waals surface area contributed by atoms with Gasteiger partial charge < -0.3 is 10.4 Å². The Morgan fingerprint density at radius 2 is 1.81 bits per heavy atom. The minimum absolute atomic E-state index is 0.225. The van der Waals surface area contributed by atoms with Gasteiger partial charge in [0.15, 0.2) is 11.4 Å². The Balaban J connectivity index is 1.54. The molecule has 0 bridgehead atoms. The van der Waals surface area contributed by atoms with Gasteiger partial charge in [-0.3, -0.25) is 9.59 Å². The second-order valence-corrected chi connectivity index (χ2v) is 7.92. The first-order chi connectivity index (χ1) is 13.0. The molecule has 1 aliphatic carbocycles. The molecule has 140 valence electrons. The second kappa shape index (κ2) is 6.93. The number of aryl methyl sites for hydroxylation is 1. The van der Waals surface area contributed by atoms with Gasteiger partial charge >= 0.3 is 0 Å². The second-order valence-electron chi connectivity index (χ2n) is 7.92. The summed E-state index contributed by atoms with van der Waals surface area (Å²) in [7, 11) is 0. The van der Waals surface area contributed by atoms with Crippen molar-refractivity contribution < 1.29 is 14.7 Å². The molecule has 1 saturated carbocycles. The Hall–Kier alpha value is -2.46. The number of Topliss-reactive ketones (excluding diaryl/α,β-unsaturated/α-hetero) is 1. The Morgan fingerprint density at radius 3 is 2.52 bits per heavy atom. The zero-order valence-corrected chi connectivity index (χ0v) is 15.6. The van der Waals surface area contributed by atoms with Gasteiger partial charge in [-0.1, -0.05) is 61.2 Å². The number of aliphatic hydroxyl groups is 1. The fraction of sp³-hybridized carbons (Fsp3) is 0.391. The first-order valence-corrected chi connectivity index (χ1v) is 9.75. The zero-order chi connectivity index (χ0) is 19.0. The lowest BCUT2D eigenvalue weighted by atomic mass is 9.83. The lowest BCUT2D eigenvalue weighted by molar-refractivity contribution is -0.133. The van der Waals surface area contributed by atoms with E-state index in [9.17, 15) is 14.7 Å². The third-order valence-electron chi connectivity index (χ3n) is 5.97. The summed E-state index contributed by atoms with van der Waals surface area (Å²) in [6.07, 6.45) is 6.03.